The van der Waals surface area contributed by atoms with Crippen LogP contribution in [-0.2, 0) is 0 Å². The molecular weight excluding hydrogens is 152 g/mol. The van der Waals surface area contributed by atoms with Gasteiger partial charge < -0.3 is 4.42 Å². The molecule has 0 atom stereocenters. The normalized spacial score (nSPS) is 8.00. The third kappa shape index (κ3) is 2.88. The maximum atomic E-state index is 4.36. The van der Waals surface area contributed by atoms with Gasteiger partial charge in [-0.05, 0) is 11.5 Å². The van der Waals surface area contributed by atoms with Crippen LogP contribution in [0.1, 0.15) is 0 Å². The van der Waals surface area contributed by atoms with Crippen molar-refractivity contribution in [3.8, 4) is 0 Å². The predicted octanol–water partition coefficient (Wildman–Crippen LogP) is 0.608. The zero-order valence-electron chi connectivity index (χ0n) is 4.91. The molecular formula is C4H4N4OS. The Kier molecular flexibility index (Phi) is 3.11. The zero-order chi connectivity index (χ0) is 7.07. The minimum atomic E-state index is 1.26. The number of nitrogens with zero attached hydrogens (tertiary/aromatic N) is 4. The number of rotatable bonds is 0. The highest BCUT2D eigenvalue weighted by Crippen LogP contribution is 1.78. The fourth-order valence-electron chi connectivity index (χ4n) is 0.272. The van der Waals surface area contributed by atoms with Crippen molar-refractivity contribution in [3.05, 3.63) is 24.4 Å². The van der Waals surface area contributed by atoms with Gasteiger partial charge in [-0.1, -0.05) is 4.49 Å². The predicted molar refractivity (Wildman–Crippen MR) is 34.2 cm³/mol. The first-order chi connectivity index (χ1) is 5.00. The molecule has 2 aromatic heterocycles. The molecule has 5 nitrogen and oxygen atoms in total. The molecule has 0 aliphatic rings. The molecule has 6 heteroatoms. The first kappa shape index (κ1) is 6.81. The highest BCUT2D eigenvalue weighted by atomic mass is 32.1. The fourth-order valence-corrected chi connectivity index (χ4v) is 0.544. The van der Waals surface area contributed by atoms with E-state index < -0.39 is 0 Å². The molecule has 0 unspecified atom stereocenters. The molecule has 0 aliphatic carbocycles. The monoisotopic (exact) mass is 156 g/mol. The van der Waals surface area contributed by atoms with Gasteiger partial charge in [-0.15, -0.1) is 15.3 Å². The van der Waals surface area contributed by atoms with Crippen LogP contribution in [0.4, 0.5) is 0 Å². The Morgan fingerprint density at radius 3 is 2.10 bits per heavy atom. The van der Waals surface area contributed by atoms with Crippen molar-refractivity contribution in [1.29, 1.82) is 0 Å². The van der Waals surface area contributed by atoms with Gasteiger partial charge in [0, 0.05) is 5.38 Å². The van der Waals surface area contributed by atoms with Gasteiger partial charge in [0.2, 0.25) is 12.8 Å². The Morgan fingerprint density at radius 2 is 1.90 bits per heavy atom. The summed E-state index contributed by atoms with van der Waals surface area (Å²) < 4.78 is 7.88. The maximum Gasteiger partial charge on any atom is 0.203 e. The Balaban J connectivity index is 0.0000001000. The van der Waals surface area contributed by atoms with E-state index in [1.54, 1.807) is 6.20 Å². The fraction of sp³-hybridized carbons (Fsp3) is 0. The van der Waals surface area contributed by atoms with Crippen molar-refractivity contribution >= 4 is 11.5 Å². The van der Waals surface area contributed by atoms with Crippen LogP contribution < -0.4 is 0 Å². The van der Waals surface area contributed by atoms with Crippen LogP contribution in [0, 0.1) is 0 Å². The van der Waals surface area contributed by atoms with Crippen molar-refractivity contribution in [2.75, 3.05) is 0 Å². The Morgan fingerprint density at radius 1 is 1.10 bits per heavy atom. The van der Waals surface area contributed by atoms with Crippen LogP contribution in [0.3, 0.4) is 0 Å². The minimum absolute atomic E-state index is 1.26. The van der Waals surface area contributed by atoms with E-state index in [1.807, 2.05) is 5.38 Å². The van der Waals surface area contributed by atoms with Gasteiger partial charge in [0.05, 0.1) is 6.20 Å². The van der Waals surface area contributed by atoms with Gasteiger partial charge in [0.15, 0.2) is 0 Å². The molecule has 0 saturated heterocycles. The van der Waals surface area contributed by atoms with Crippen molar-refractivity contribution in [1.82, 2.24) is 19.8 Å². The molecule has 52 valence electrons. The molecule has 2 rings (SSSR count). The summed E-state index contributed by atoms with van der Waals surface area (Å²) in [7, 11) is 0. The maximum absolute atomic E-state index is 4.36. The quantitative estimate of drug-likeness (QED) is 0.559. The van der Waals surface area contributed by atoms with Crippen molar-refractivity contribution < 1.29 is 4.42 Å². The number of hydrogen-bond donors (Lipinski definition) is 0. The Bertz CT molecular complexity index is 156. The molecule has 0 N–H and O–H groups in total. The highest BCUT2D eigenvalue weighted by molar-refractivity contribution is 7.03. The largest absolute Gasteiger partial charge is 0.431 e. The number of hydrogen-bond acceptors (Lipinski definition) is 6. The molecule has 10 heavy (non-hydrogen) atoms. The lowest BCUT2D eigenvalue weighted by Gasteiger charge is -1.44. The average Bonchev–Trinajstić information content (AvgIpc) is 2.67. The molecule has 2 aromatic rings. The van der Waals surface area contributed by atoms with Gasteiger partial charge in [-0.2, -0.15) is 0 Å². The molecule has 0 aromatic carbocycles. The van der Waals surface area contributed by atoms with Gasteiger partial charge in [-0.3, -0.25) is 0 Å². The molecule has 0 amide bonds. The van der Waals surface area contributed by atoms with Gasteiger partial charge in [0.25, 0.3) is 0 Å². The standard InChI is InChI=1S/C2H2N2O.C2H2N2S/c1-3-4-2-5-1;1-2-5-4-3-1/h2*1-2H. The summed E-state index contributed by atoms with van der Waals surface area (Å²) >= 11 is 1.35. The Labute approximate surface area is 60.9 Å². The lowest BCUT2D eigenvalue weighted by molar-refractivity contribution is 0.553. The lowest BCUT2D eigenvalue weighted by atomic mass is 11.1. The lowest BCUT2D eigenvalue weighted by Crippen LogP contribution is -1.53. The van der Waals surface area contributed by atoms with E-state index >= 15 is 0 Å². The second-order valence-electron chi connectivity index (χ2n) is 1.17. The van der Waals surface area contributed by atoms with E-state index in [-0.39, 0.29) is 0 Å². The summed E-state index contributed by atoms with van der Waals surface area (Å²) in [5, 5.41) is 11.9. The summed E-state index contributed by atoms with van der Waals surface area (Å²) in [6.45, 7) is 0. The first-order valence-corrected chi connectivity index (χ1v) is 3.23. The summed E-state index contributed by atoms with van der Waals surface area (Å²) in [5.74, 6) is 0. The minimum Gasteiger partial charge on any atom is -0.431 e. The van der Waals surface area contributed by atoms with E-state index in [9.17, 15) is 0 Å². The second-order valence-corrected chi connectivity index (χ2v) is 1.81. The molecule has 0 fully saturated rings. The van der Waals surface area contributed by atoms with Crippen LogP contribution in [0.15, 0.2) is 28.8 Å². The molecule has 0 bridgehead atoms. The van der Waals surface area contributed by atoms with E-state index in [0.717, 1.165) is 0 Å². The van der Waals surface area contributed by atoms with Crippen molar-refractivity contribution in [3.63, 3.8) is 0 Å². The average molecular weight is 156 g/mol. The van der Waals surface area contributed by atoms with Crippen LogP contribution in [0.5, 0.6) is 0 Å². The molecule has 0 radical (unpaired) electrons. The van der Waals surface area contributed by atoms with E-state index in [4.69, 9.17) is 0 Å². The zero-order valence-corrected chi connectivity index (χ0v) is 5.73. The molecule has 0 spiro atoms. The molecule has 2 heterocycles. The van der Waals surface area contributed by atoms with Crippen LogP contribution >= 0.6 is 11.5 Å². The SMILES string of the molecule is c1csnn1.c1nnco1. The van der Waals surface area contributed by atoms with E-state index in [1.165, 1.54) is 24.3 Å². The van der Waals surface area contributed by atoms with E-state index in [2.05, 4.69) is 24.2 Å². The van der Waals surface area contributed by atoms with Crippen molar-refractivity contribution in [2.24, 2.45) is 0 Å². The highest BCUT2D eigenvalue weighted by Gasteiger charge is 1.61. The smallest absolute Gasteiger partial charge is 0.203 e. The topological polar surface area (TPSA) is 64.7 Å². The molecule has 0 saturated carbocycles. The van der Waals surface area contributed by atoms with Crippen LogP contribution in [0.25, 0.3) is 0 Å². The summed E-state index contributed by atoms with van der Waals surface area (Å²) in [4.78, 5) is 0. The first-order valence-electron chi connectivity index (χ1n) is 2.40. The Hall–Kier alpha value is -1.30. The summed E-state index contributed by atoms with van der Waals surface area (Å²) in [6, 6.07) is 0. The van der Waals surface area contributed by atoms with Gasteiger partial charge in [0.1, 0.15) is 0 Å². The third-order valence-electron chi connectivity index (χ3n) is 0.565. The van der Waals surface area contributed by atoms with E-state index in [0.29, 0.717) is 0 Å². The number of aromatic nitrogens is 4. The summed E-state index contributed by atoms with van der Waals surface area (Å²) in [5.41, 5.74) is 0. The van der Waals surface area contributed by atoms with Crippen LogP contribution in [-0.4, -0.2) is 19.8 Å². The second kappa shape index (κ2) is 4.57. The summed E-state index contributed by atoms with van der Waals surface area (Å²) in [6.07, 6.45) is 4.19. The van der Waals surface area contributed by atoms with Crippen LogP contribution in [0.2, 0.25) is 0 Å². The molecule has 0 aliphatic heterocycles. The third-order valence-corrected chi connectivity index (χ3v) is 0.997. The van der Waals surface area contributed by atoms with Gasteiger partial charge >= 0.3 is 0 Å². The van der Waals surface area contributed by atoms with Gasteiger partial charge in [-0.25, -0.2) is 0 Å². The van der Waals surface area contributed by atoms with Crippen molar-refractivity contribution in [2.45, 2.75) is 0 Å².